The number of nitrogens with zero attached hydrogens (tertiary/aromatic N) is 1. The molecular weight excluding hydrogens is 202 g/mol. The number of pyridine rings is 1. The molecule has 0 N–H and O–H groups in total. The molecule has 0 aliphatic rings. The lowest BCUT2D eigenvalue weighted by molar-refractivity contribution is 0.0519. The summed E-state index contributed by atoms with van der Waals surface area (Å²) < 4.78 is 4.94. The van der Waals surface area contributed by atoms with Crippen LogP contribution in [0.25, 0.3) is 0 Å². The highest BCUT2D eigenvalue weighted by molar-refractivity contribution is 5.87. The molecule has 1 aromatic heterocycles. The molecule has 0 spiro atoms. The first-order valence-electron chi connectivity index (χ1n) is 5.67. The Morgan fingerprint density at radius 2 is 2.12 bits per heavy atom. The maximum absolute atomic E-state index is 11.6. The van der Waals surface area contributed by atoms with E-state index >= 15 is 0 Å². The van der Waals surface area contributed by atoms with Crippen LogP contribution >= 0.6 is 0 Å². The lowest BCUT2D eigenvalue weighted by Gasteiger charge is -2.08. The number of aromatic nitrogens is 1. The largest absolute Gasteiger partial charge is 0.461 e. The summed E-state index contributed by atoms with van der Waals surface area (Å²) in [6.45, 7) is 8.41. The van der Waals surface area contributed by atoms with E-state index in [4.69, 9.17) is 4.74 Å². The molecule has 1 aromatic rings. The third-order valence-corrected chi connectivity index (χ3v) is 2.12. The highest BCUT2D eigenvalue weighted by atomic mass is 16.5. The summed E-state index contributed by atoms with van der Waals surface area (Å²) in [4.78, 5) is 15.9. The van der Waals surface area contributed by atoms with Gasteiger partial charge in [0, 0.05) is 5.69 Å². The van der Waals surface area contributed by atoms with Crippen LogP contribution in [0.4, 0.5) is 0 Å². The van der Waals surface area contributed by atoms with Crippen LogP contribution in [0.5, 0.6) is 0 Å². The number of carbonyl (C=O) groups excluding carboxylic acids is 1. The van der Waals surface area contributed by atoms with Crippen molar-refractivity contribution in [1.29, 1.82) is 0 Å². The van der Waals surface area contributed by atoms with Crippen LogP contribution in [-0.4, -0.2) is 17.6 Å². The summed E-state index contributed by atoms with van der Waals surface area (Å²) in [6, 6.07) is 3.78. The molecule has 0 fully saturated rings. The number of esters is 1. The standard InChI is InChI=1S/C13H19NO2/c1-5-16-13(15)12-8-10(4)7-11(14-12)6-9(2)3/h7-9H,5-6H2,1-4H3. The average Bonchev–Trinajstić information content (AvgIpc) is 2.15. The molecule has 0 amide bonds. The highest BCUT2D eigenvalue weighted by Crippen LogP contribution is 2.10. The summed E-state index contributed by atoms with van der Waals surface area (Å²) in [5, 5.41) is 0. The topological polar surface area (TPSA) is 39.2 Å². The molecule has 0 atom stereocenters. The Kier molecular flexibility index (Phi) is 4.47. The van der Waals surface area contributed by atoms with E-state index in [9.17, 15) is 4.79 Å². The minimum Gasteiger partial charge on any atom is -0.461 e. The van der Waals surface area contributed by atoms with Crippen molar-refractivity contribution in [3.63, 3.8) is 0 Å². The smallest absolute Gasteiger partial charge is 0.356 e. The van der Waals surface area contributed by atoms with E-state index in [0.29, 0.717) is 18.2 Å². The lowest BCUT2D eigenvalue weighted by Crippen LogP contribution is -2.10. The van der Waals surface area contributed by atoms with Crippen LogP contribution in [0, 0.1) is 12.8 Å². The van der Waals surface area contributed by atoms with Crippen LogP contribution in [0.2, 0.25) is 0 Å². The number of rotatable bonds is 4. The Morgan fingerprint density at radius 1 is 1.44 bits per heavy atom. The molecule has 1 rings (SSSR count). The van der Waals surface area contributed by atoms with Gasteiger partial charge < -0.3 is 4.74 Å². The Bertz CT molecular complexity index is 372. The van der Waals surface area contributed by atoms with Gasteiger partial charge in [0.25, 0.3) is 0 Å². The predicted molar refractivity (Wildman–Crippen MR) is 63.5 cm³/mol. The van der Waals surface area contributed by atoms with E-state index in [1.165, 1.54) is 0 Å². The van der Waals surface area contributed by atoms with Gasteiger partial charge in [-0.1, -0.05) is 13.8 Å². The lowest BCUT2D eigenvalue weighted by atomic mass is 10.1. The molecular formula is C13H19NO2. The van der Waals surface area contributed by atoms with Crippen molar-refractivity contribution >= 4 is 5.97 Å². The van der Waals surface area contributed by atoms with E-state index in [0.717, 1.165) is 17.7 Å². The predicted octanol–water partition coefficient (Wildman–Crippen LogP) is 2.77. The first-order chi connectivity index (χ1) is 7.52. The molecule has 1 heterocycles. The Morgan fingerprint density at radius 3 is 2.69 bits per heavy atom. The zero-order valence-corrected chi connectivity index (χ0v) is 10.4. The Balaban J connectivity index is 2.93. The highest BCUT2D eigenvalue weighted by Gasteiger charge is 2.10. The van der Waals surface area contributed by atoms with Crippen LogP contribution in [0.1, 0.15) is 42.5 Å². The van der Waals surface area contributed by atoms with Gasteiger partial charge in [-0.15, -0.1) is 0 Å². The van der Waals surface area contributed by atoms with Gasteiger partial charge in [0.15, 0.2) is 0 Å². The molecule has 0 saturated heterocycles. The van der Waals surface area contributed by atoms with Crippen LogP contribution < -0.4 is 0 Å². The third-order valence-electron chi connectivity index (χ3n) is 2.12. The van der Waals surface area contributed by atoms with E-state index in [1.54, 1.807) is 13.0 Å². The van der Waals surface area contributed by atoms with Crippen molar-refractivity contribution in [3.8, 4) is 0 Å². The molecule has 16 heavy (non-hydrogen) atoms. The van der Waals surface area contributed by atoms with Crippen molar-refractivity contribution in [2.75, 3.05) is 6.61 Å². The Hall–Kier alpha value is -1.38. The molecule has 0 radical (unpaired) electrons. The fourth-order valence-corrected chi connectivity index (χ4v) is 1.57. The van der Waals surface area contributed by atoms with Gasteiger partial charge in [0.05, 0.1) is 6.61 Å². The number of carbonyl (C=O) groups is 1. The molecule has 0 unspecified atom stereocenters. The van der Waals surface area contributed by atoms with Gasteiger partial charge in [-0.2, -0.15) is 0 Å². The summed E-state index contributed by atoms with van der Waals surface area (Å²) in [7, 11) is 0. The fourth-order valence-electron chi connectivity index (χ4n) is 1.57. The van der Waals surface area contributed by atoms with E-state index < -0.39 is 0 Å². The number of hydrogen-bond donors (Lipinski definition) is 0. The molecule has 0 aliphatic carbocycles. The van der Waals surface area contributed by atoms with Crippen molar-refractivity contribution in [3.05, 3.63) is 29.1 Å². The molecule has 0 aromatic carbocycles. The van der Waals surface area contributed by atoms with Gasteiger partial charge in [-0.05, 0) is 43.9 Å². The van der Waals surface area contributed by atoms with Crippen molar-refractivity contribution in [2.45, 2.75) is 34.1 Å². The van der Waals surface area contributed by atoms with Gasteiger partial charge >= 0.3 is 5.97 Å². The number of hydrogen-bond acceptors (Lipinski definition) is 3. The zero-order valence-electron chi connectivity index (χ0n) is 10.4. The second-order valence-electron chi connectivity index (χ2n) is 4.34. The Labute approximate surface area is 96.8 Å². The normalized spacial score (nSPS) is 10.6. The maximum atomic E-state index is 11.6. The van der Waals surface area contributed by atoms with Crippen LogP contribution in [0.3, 0.4) is 0 Å². The summed E-state index contributed by atoms with van der Waals surface area (Å²) >= 11 is 0. The van der Waals surface area contributed by atoms with E-state index in [2.05, 4.69) is 18.8 Å². The minimum absolute atomic E-state index is 0.337. The zero-order chi connectivity index (χ0) is 12.1. The summed E-state index contributed by atoms with van der Waals surface area (Å²) in [5.41, 5.74) is 2.42. The van der Waals surface area contributed by atoms with Gasteiger partial charge in [0.1, 0.15) is 5.69 Å². The van der Waals surface area contributed by atoms with Gasteiger partial charge in [-0.25, -0.2) is 9.78 Å². The monoisotopic (exact) mass is 221 g/mol. The van der Waals surface area contributed by atoms with Crippen molar-refractivity contribution in [2.24, 2.45) is 5.92 Å². The fraction of sp³-hybridized carbons (Fsp3) is 0.538. The van der Waals surface area contributed by atoms with Gasteiger partial charge in [0.2, 0.25) is 0 Å². The van der Waals surface area contributed by atoms with Crippen molar-refractivity contribution in [1.82, 2.24) is 4.98 Å². The first-order valence-corrected chi connectivity index (χ1v) is 5.67. The average molecular weight is 221 g/mol. The van der Waals surface area contributed by atoms with Crippen LogP contribution in [-0.2, 0) is 11.2 Å². The number of ether oxygens (including phenoxy) is 1. The molecule has 0 aliphatic heterocycles. The third kappa shape index (κ3) is 3.65. The second-order valence-corrected chi connectivity index (χ2v) is 4.34. The maximum Gasteiger partial charge on any atom is 0.356 e. The van der Waals surface area contributed by atoms with Gasteiger partial charge in [-0.3, -0.25) is 0 Å². The SMILES string of the molecule is CCOC(=O)c1cc(C)cc(CC(C)C)n1. The first kappa shape index (κ1) is 12.7. The van der Waals surface area contributed by atoms with Crippen molar-refractivity contribution < 1.29 is 9.53 Å². The minimum atomic E-state index is -0.337. The quantitative estimate of drug-likeness (QED) is 0.734. The summed E-state index contributed by atoms with van der Waals surface area (Å²) in [5.74, 6) is 0.195. The van der Waals surface area contributed by atoms with Crippen LogP contribution in [0.15, 0.2) is 12.1 Å². The number of aryl methyl sites for hydroxylation is 1. The van der Waals surface area contributed by atoms with E-state index in [-0.39, 0.29) is 5.97 Å². The molecule has 0 saturated carbocycles. The molecule has 88 valence electrons. The van der Waals surface area contributed by atoms with E-state index in [1.807, 2.05) is 13.0 Å². The molecule has 3 nitrogen and oxygen atoms in total. The molecule has 0 bridgehead atoms. The second kappa shape index (κ2) is 5.64. The molecule has 3 heteroatoms. The summed E-state index contributed by atoms with van der Waals surface area (Å²) in [6.07, 6.45) is 0.883.